The summed E-state index contributed by atoms with van der Waals surface area (Å²) in [4.78, 5) is 11.5. The molecular formula is C10H18ClNO. The maximum atomic E-state index is 11.5. The first-order valence-electron chi connectivity index (χ1n) is 5.07. The van der Waals surface area contributed by atoms with Gasteiger partial charge < -0.3 is 5.32 Å². The number of halogens is 1. The molecule has 1 amide bonds. The Balaban J connectivity index is 2.16. The lowest BCUT2D eigenvalue weighted by atomic mass is 10.1. The van der Waals surface area contributed by atoms with E-state index in [-0.39, 0.29) is 17.2 Å². The number of carbonyl (C=O) groups is 1. The summed E-state index contributed by atoms with van der Waals surface area (Å²) in [5.74, 6) is 0.984. The molecule has 2 atom stereocenters. The molecule has 1 rings (SSSR count). The van der Waals surface area contributed by atoms with Crippen LogP contribution in [0.15, 0.2) is 0 Å². The van der Waals surface area contributed by atoms with Gasteiger partial charge in [0.15, 0.2) is 0 Å². The van der Waals surface area contributed by atoms with Gasteiger partial charge in [-0.3, -0.25) is 4.79 Å². The molecule has 0 aromatic rings. The quantitative estimate of drug-likeness (QED) is 0.682. The second-order valence-electron chi connectivity index (χ2n) is 3.88. The zero-order valence-electron chi connectivity index (χ0n) is 8.35. The summed E-state index contributed by atoms with van der Waals surface area (Å²) < 4.78 is 0. The summed E-state index contributed by atoms with van der Waals surface area (Å²) in [7, 11) is 0. The van der Waals surface area contributed by atoms with Gasteiger partial charge in [-0.05, 0) is 25.2 Å². The largest absolute Gasteiger partial charge is 0.354 e. The van der Waals surface area contributed by atoms with Crippen LogP contribution in [0.1, 0.15) is 33.1 Å². The molecule has 2 nitrogen and oxygen atoms in total. The predicted octanol–water partition coefficient (Wildman–Crippen LogP) is 2.17. The molecule has 0 aliphatic heterocycles. The number of carbonyl (C=O) groups excluding carboxylic acids is 1. The highest BCUT2D eigenvalue weighted by molar-refractivity contribution is 6.20. The Morgan fingerprint density at radius 3 is 2.69 bits per heavy atom. The minimum absolute atomic E-state index is 0.0790. The number of alkyl halides is 1. The van der Waals surface area contributed by atoms with Crippen LogP contribution in [0, 0.1) is 11.8 Å². The SMILES string of the molecule is CCC(Cl)CNC(=O)C(C)C1CC1. The number of nitrogens with one attached hydrogen (secondary N) is 1. The van der Waals surface area contributed by atoms with Crippen LogP contribution in [0.2, 0.25) is 0 Å². The summed E-state index contributed by atoms with van der Waals surface area (Å²) in [5, 5.41) is 2.96. The van der Waals surface area contributed by atoms with E-state index >= 15 is 0 Å². The molecule has 1 saturated carbocycles. The fourth-order valence-corrected chi connectivity index (χ4v) is 1.40. The van der Waals surface area contributed by atoms with Crippen LogP contribution in [0.3, 0.4) is 0 Å². The molecule has 0 heterocycles. The van der Waals surface area contributed by atoms with E-state index in [9.17, 15) is 4.79 Å². The van der Waals surface area contributed by atoms with Crippen molar-refractivity contribution in [2.75, 3.05) is 6.54 Å². The van der Waals surface area contributed by atoms with E-state index in [2.05, 4.69) is 5.32 Å². The summed E-state index contributed by atoms with van der Waals surface area (Å²) in [6.45, 7) is 4.63. The number of amides is 1. The lowest BCUT2D eigenvalue weighted by Gasteiger charge is -2.12. The van der Waals surface area contributed by atoms with Gasteiger partial charge in [-0.15, -0.1) is 11.6 Å². The minimum atomic E-state index is 0.0790. The van der Waals surface area contributed by atoms with Crippen molar-refractivity contribution in [1.82, 2.24) is 5.32 Å². The summed E-state index contributed by atoms with van der Waals surface area (Å²) in [6, 6.07) is 0. The van der Waals surface area contributed by atoms with Crippen LogP contribution < -0.4 is 5.32 Å². The van der Waals surface area contributed by atoms with Gasteiger partial charge in [0.05, 0.1) is 5.38 Å². The molecule has 1 fully saturated rings. The Labute approximate surface area is 85.0 Å². The summed E-state index contributed by atoms with van der Waals surface area (Å²) in [5.41, 5.74) is 0. The van der Waals surface area contributed by atoms with Crippen LogP contribution in [-0.4, -0.2) is 17.8 Å². The average molecular weight is 204 g/mol. The first kappa shape index (κ1) is 10.8. The second kappa shape index (κ2) is 4.85. The number of rotatable bonds is 5. The third-order valence-corrected chi connectivity index (χ3v) is 3.15. The van der Waals surface area contributed by atoms with Crippen molar-refractivity contribution in [2.45, 2.75) is 38.5 Å². The predicted molar refractivity (Wildman–Crippen MR) is 54.8 cm³/mol. The lowest BCUT2D eigenvalue weighted by molar-refractivity contribution is -0.125. The van der Waals surface area contributed by atoms with Crippen molar-refractivity contribution in [3.05, 3.63) is 0 Å². The minimum Gasteiger partial charge on any atom is -0.354 e. The Morgan fingerprint density at radius 2 is 2.23 bits per heavy atom. The van der Waals surface area contributed by atoms with Crippen molar-refractivity contribution < 1.29 is 4.79 Å². The molecule has 13 heavy (non-hydrogen) atoms. The number of hydrogen-bond donors (Lipinski definition) is 1. The zero-order chi connectivity index (χ0) is 9.84. The molecule has 1 N–H and O–H groups in total. The van der Waals surface area contributed by atoms with E-state index in [4.69, 9.17) is 11.6 Å². The molecule has 1 aliphatic carbocycles. The normalized spacial score (nSPS) is 20.8. The fourth-order valence-electron chi connectivity index (χ4n) is 1.33. The molecule has 76 valence electrons. The number of hydrogen-bond acceptors (Lipinski definition) is 1. The monoisotopic (exact) mass is 203 g/mol. The van der Waals surface area contributed by atoms with Crippen molar-refractivity contribution >= 4 is 17.5 Å². The van der Waals surface area contributed by atoms with E-state index in [0.29, 0.717) is 12.5 Å². The van der Waals surface area contributed by atoms with Crippen molar-refractivity contribution in [1.29, 1.82) is 0 Å². The molecule has 1 aliphatic rings. The molecule has 0 aromatic heterocycles. The van der Waals surface area contributed by atoms with Gasteiger partial charge in [0, 0.05) is 12.5 Å². The Morgan fingerprint density at radius 1 is 1.62 bits per heavy atom. The van der Waals surface area contributed by atoms with Crippen molar-refractivity contribution in [3.63, 3.8) is 0 Å². The summed E-state index contributed by atoms with van der Waals surface area (Å²) in [6.07, 6.45) is 3.33. The van der Waals surface area contributed by atoms with Gasteiger partial charge in [-0.2, -0.15) is 0 Å². The highest BCUT2D eigenvalue weighted by Gasteiger charge is 2.32. The van der Waals surface area contributed by atoms with E-state index in [0.717, 1.165) is 6.42 Å². The molecule has 2 unspecified atom stereocenters. The smallest absolute Gasteiger partial charge is 0.223 e. The molecule has 0 bridgehead atoms. The van der Waals surface area contributed by atoms with E-state index in [1.54, 1.807) is 0 Å². The lowest BCUT2D eigenvalue weighted by Crippen LogP contribution is -2.34. The third-order valence-electron chi connectivity index (χ3n) is 2.68. The van der Waals surface area contributed by atoms with E-state index in [1.807, 2.05) is 13.8 Å². The average Bonchev–Trinajstić information content (AvgIpc) is 2.95. The van der Waals surface area contributed by atoms with Gasteiger partial charge in [0.1, 0.15) is 0 Å². The fraction of sp³-hybridized carbons (Fsp3) is 0.900. The highest BCUT2D eigenvalue weighted by Crippen LogP contribution is 2.36. The maximum Gasteiger partial charge on any atom is 0.223 e. The Hall–Kier alpha value is -0.240. The standard InChI is InChI=1S/C10H18ClNO/c1-3-9(11)6-12-10(13)7(2)8-4-5-8/h7-9H,3-6H2,1-2H3,(H,12,13). The van der Waals surface area contributed by atoms with Crippen LogP contribution >= 0.6 is 11.6 Å². The van der Waals surface area contributed by atoms with Crippen LogP contribution in [0.4, 0.5) is 0 Å². The van der Waals surface area contributed by atoms with E-state index < -0.39 is 0 Å². The molecule has 3 heteroatoms. The Kier molecular flexibility index (Phi) is 4.04. The first-order chi connectivity index (χ1) is 6.15. The van der Waals surface area contributed by atoms with Crippen molar-refractivity contribution in [2.24, 2.45) is 11.8 Å². The Bertz CT molecular complexity index is 180. The van der Waals surface area contributed by atoms with E-state index in [1.165, 1.54) is 12.8 Å². The van der Waals surface area contributed by atoms with Crippen LogP contribution in [0.25, 0.3) is 0 Å². The molecule has 0 radical (unpaired) electrons. The van der Waals surface area contributed by atoms with Gasteiger partial charge >= 0.3 is 0 Å². The maximum absolute atomic E-state index is 11.5. The van der Waals surface area contributed by atoms with Gasteiger partial charge in [0.2, 0.25) is 5.91 Å². The van der Waals surface area contributed by atoms with Crippen LogP contribution in [0.5, 0.6) is 0 Å². The molecular weight excluding hydrogens is 186 g/mol. The first-order valence-corrected chi connectivity index (χ1v) is 5.50. The molecule has 0 aromatic carbocycles. The third kappa shape index (κ3) is 3.55. The molecule has 0 saturated heterocycles. The van der Waals surface area contributed by atoms with Crippen molar-refractivity contribution in [3.8, 4) is 0 Å². The van der Waals surface area contributed by atoms with Gasteiger partial charge in [0.25, 0.3) is 0 Å². The zero-order valence-corrected chi connectivity index (χ0v) is 9.10. The van der Waals surface area contributed by atoms with Gasteiger partial charge in [-0.1, -0.05) is 13.8 Å². The highest BCUT2D eigenvalue weighted by atomic mass is 35.5. The van der Waals surface area contributed by atoms with Crippen LogP contribution in [-0.2, 0) is 4.79 Å². The summed E-state index contributed by atoms with van der Waals surface area (Å²) >= 11 is 5.89. The molecule has 0 spiro atoms. The topological polar surface area (TPSA) is 29.1 Å². The van der Waals surface area contributed by atoms with Gasteiger partial charge in [-0.25, -0.2) is 0 Å². The second-order valence-corrected chi connectivity index (χ2v) is 4.49.